The van der Waals surface area contributed by atoms with Crippen molar-refractivity contribution in [3.05, 3.63) is 95.1 Å². The largest absolute Gasteiger partial charge is 0.368 e. The van der Waals surface area contributed by atoms with Crippen LogP contribution >= 0.6 is 0 Å². The van der Waals surface area contributed by atoms with Gasteiger partial charge in [-0.2, -0.15) is 0 Å². The summed E-state index contributed by atoms with van der Waals surface area (Å²) in [6, 6.07) is 20.5. The van der Waals surface area contributed by atoms with Crippen molar-refractivity contribution in [1.82, 2.24) is 0 Å². The maximum absolute atomic E-state index is 13.1. The molecule has 2 aliphatic heterocycles. The van der Waals surface area contributed by atoms with Crippen LogP contribution in [0.3, 0.4) is 0 Å². The van der Waals surface area contributed by atoms with Gasteiger partial charge in [0, 0.05) is 40.7 Å². The van der Waals surface area contributed by atoms with E-state index in [0.717, 1.165) is 23.1 Å². The molecule has 2 unspecified atom stereocenters. The van der Waals surface area contributed by atoms with Crippen LogP contribution in [0.5, 0.6) is 0 Å². The van der Waals surface area contributed by atoms with E-state index in [2.05, 4.69) is 36.7 Å². The molecule has 1 saturated heterocycles. The molecule has 43 heavy (non-hydrogen) atoms. The molecule has 8 nitrogen and oxygen atoms in total. The lowest BCUT2D eigenvalue weighted by Gasteiger charge is -2.21. The molecule has 2 aliphatic rings. The van der Waals surface area contributed by atoms with Gasteiger partial charge in [-0.3, -0.25) is 14.4 Å². The molecule has 0 aliphatic carbocycles. The number of nitrogens with one attached hydrogen (secondary N) is 3. The number of amides is 2. The number of Topliss-reactive ketones (excluding diaryl/α,β-unsaturated/α-hetero) is 1. The van der Waals surface area contributed by atoms with Gasteiger partial charge >= 0.3 is 0 Å². The molecule has 0 aromatic heterocycles. The Hall–Kier alpha value is -4.56. The van der Waals surface area contributed by atoms with Crippen molar-refractivity contribution >= 4 is 46.2 Å². The van der Waals surface area contributed by atoms with Crippen LogP contribution in [0.2, 0.25) is 0 Å². The van der Waals surface area contributed by atoms with E-state index in [-0.39, 0.29) is 28.8 Å². The van der Waals surface area contributed by atoms with Crippen molar-refractivity contribution in [3.63, 3.8) is 0 Å². The zero-order valence-electron chi connectivity index (χ0n) is 25.3. The zero-order valence-corrected chi connectivity index (χ0v) is 25.3. The standard InChI is InChI=1S/C35H38N4O4/c1-21-19-29(27-11-7-12-28(22(27)2)39-33(41)23-14-16-24(17-15-23)35(3,4)5)38-32(31(21)40)36-25-9-6-10-26(20-25)37-34(42)30-13-8-18-43-30/h6-7,9-12,14-17,19-21,30H,8,13,18H2,1-5H3,(H,36,38)(H,37,42)(H,39,41). The molecule has 5 rings (SSSR count). The van der Waals surface area contributed by atoms with E-state index < -0.39 is 12.0 Å². The van der Waals surface area contributed by atoms with Gasteiger partial charge in [-0.05, 0) is 78.8 Å². The highest BCUT2D eigenvalue weighted by Gasteiger charge is 2.26. The molecular formula is C35H38N4O4. The average Bonchev–Trinajstić information content (AvgIpc) is 3.52. The average molecular weight is 579 g/mol. The Morgan fingerprint density at radius 1 is 0.953 bits per heavy atom. The van der Waals surface area contributed by atoms with E-state index in [1.165, 1.54) is 0 Å². The van der Waals surface area contributed by atoms with Crippen molar-refractivity contribution in [2.75, 3.05) is 22.6 Å². The third kappa shape index (κ3) is 6.92. The summed E-state index contributed by atoms with van der Waals surface area (Å²) in [6.45, 7) is 10.8. The van der Waals surface area contributed by atoms with Gasteiger partial charge in [0.05, 0.1) is 5.70 Å². The number of hydrogen-bond donors (Lipinski definition) is 3. The van der Waals surface area contributed by atoms with Gasteiger partial charge in [0.1, 0.15) is 6.10 Å². The number of nitrogens with zero attached hydrogens (tertiary/aromatic N) is 1. The fourth-order valence-corrected chi connectivity index (χ4v) is 5.16. The number of ketones is 1. The van der Waals surface area contributed by atoms with Crippen molar-refractivity contribution in [2.24, 2.45) is 10.9 Å². The van der Waals surface area contributed by atoms with Crippen molar-refractivity contribution in [3.8, 4) is 0 Å². The van der Waals surface area contributed by atoms with E-state index in [1.54, 1.807) is 18.2 Å². The maximum atomic E-state index is 13.1. The van der Waals surface area contributed by atoms with Crippen LogP contribution in [0, 0.1) is 12.8 Å². The van der Waals surface area contributed by atoms with Crippen LogP contribution in [-0.4, -0.2) is 36.1 Å². The van der Waals surface area contributed by atoms with Crippen molar-refractivity contribution < 1.29 is 19.1 Å². The van der Waals surface area contributed by atoms with E-state index in [4.69, 9.17) is 9.73 Å². The van der Waals surface area contributed by atoms with Crippen molar-refractivity contribution in [1.29, 1.82) is 0 Å². The highest BCUT2D eigenvalue weighted by atomic mass is 16.5. The van der Waals surface area contributed by atoms with Crippen molar-refractivity contribution in [2.45, 2.75) is 59.0 Å². The number of allylic oxidation sites excluding steroid dienone is 1. The number of amidine groups is 1. The van der Waals surface area contributed by atoms with Crippen LogP contribution < -0.4 is 16.0 Å². The summed E-state index contributed by atoms with van der Waals surface area (Å²) in [6.07, 6.45) is 2.98. The number of carbonyl (C=O) groups is 3. The fourth-order valence-electron chi connectivity index (χ4n) is 5.16. The molecule has 0 spiro atoms. The van der Waals surface area contributed by atoms with E-state index in [9.17, 15) is 14.4 Å². The Balaban J connectivity index is 1.34. The Morgan fingerprint density at radius 2 is 1.67 bits per heavy atom. The SMILES string of the molecule is Cc1c(NC(=O)c2ccc(C(C)(C)C)cc2)cccc1C1=CC(C)C(=O)C(Nc2cccc(NC(=O)C3CCCO3)c2)=N1. The normalized spacial score (nSPS) is 18.5. The lowest BCUT2D eigenvalue weighted by atomic mass is 9.86. The summed E-state index contributed by atoms with van der Waals surface area (Å²) in [5.74, 6) is -0.710. The molecule has 3 N–H and O–H groups in total. The molecular weight excluding hydrogens is 540 g/mol. The molecule has 222 valence electrons. The fraction of sp³-hybridized carbons (Fsp3) is 0.314. The summed E-state index contributed by atoms with van der Waals surface area (Å²) in [7, 11) is 0. The third-order valence-corrected chi connectivity index (χ3v) is 7.77. The van der Waals surface area contributed by atoms with E-state index >= 15 is 0 Å². The van der Waals surface area contributed by atoms with Crippen LogP contribution in [0.25, 0.3) is 5.70 Å². The predicted octanol–water partition coefficient (Wildman–Crippen LogP) is 6.73. The summed E-state index contributed by atoms with van der Waals surface area (Å²) in [5.41, 5.74) is 5.94. The number of anilines is 3. The van der Waals surface area contributed by atoms with E-state index in [1.807, 2.05) is 68.5 Å². The number of hydrogen-bond acceptors (Lipinski definition) is 6. The minimum Gasteiger partial charge on any atom is -0.368 e. The number of ether oxygens (including phenoxy) is 1. The van der Waals surface area contributed by atoms with Crippen LogP contribution in [-0.2, 0) is 19.7 Å². The first-order valence-corrected chi connectivity index (χ1v) is 14.7. The van der Waals surface area contributed by atoms with Crippen LogP contribution in [0.4, 0.5) is 17.1 Å². The first-order chi connectivity index (χ1) is 20.5. The molecule has 3 aromatic carbocycles. The minimum atomic E-state index is -0.438. The Morgan fingerprint density at radius 3 is 2.37 bits per heavy atom. The highest BCUT2D eigenvalue weighted by molar-refractivity contribution is 6.45. The second-order valence-corrected chi connectivity index (χ2v) is 12.1. The molecule has 1 fully saturated rings. The molecule has 0 radical (unpaired) electrons. The lowest BCUT2D eigenvalue weighted by molar-refractivity contribution is -0.124. The second-order valence-electron chi connectivity index (χ2n) is 12.1. The Bertz CT molecular complexity index is 1610. The molecule has 3 aromatic rings. The maximum Gasteiger partial charge on any atom is 0.255 e. The molecule has 8 heteroatoms. The zero-order chi connectivity index (χ0) is 30.7. The molecule has 2 heterocycles. The smallest absolute Gasteiger partial charge is 0.255 e. The number of aliphatic imine (C=N–C) groups is 1. The molecule has 0 bridgehead atoms. The van der Waals surface area contributed by atoms with Gasteiger partial charge in [-0.15, -0.1) is 0 Å². The summed E-state index contributed by atoms with van der Waals surface area (Å²) >= 11 is 0. The summed E-state index contributed by atoms with van der Waals surface area (Å²) in [4.78, 5) is 43.4. The first kappa shape index (κ1) is 29.9. The quantitative estimate of drug-likeness (QED) is 0.300. The first-order valence-electron chi connectivity index (χ1n) is 14.7. The third-order valence-electron chi connectivity index (χ3n) is 7.77. The number of benzene rings is 3. The Labute approximate surface area is 252 Å². The van der Waals surface area contributed by atoms with Gasteiger partial charge in [-0.25, -0.2) is 4.99 Å². The topological polar surface area (TPSA) is 109 Å². The predicted molar refractivity (Wildman–Crippen MR) is 172 cm³/mol. The molecule has 0 saturated carbocycles. The van der Waals surface area contributed by atoms with Crippen LogP contribution in [0.15, 0.2) is 77.8 Å². The number of rotatable bonds is 6. The van der Waals surface area contributed by atoms with Gasteiger partial charge in [0.15, 0.2) is 5.84 Å². The molecule has 2 atom stereocenters. The minimum absolute atomic E-state index is 0.00353. The second kappa shape index (κ2) is 12.4. The Kier molecular flexibility index (Phi) is 8.59. The van der Waals surface area contributed by atoms with Gasteiger partial charge in [0.25, 0.3) is 11.8 Å². The lowest BCUT2D eigenvalue weighted by Crippen LogP contribution is -2.30. The molecule has 2 amide bonds. The van der Waals surface area contributed by atoms with Gasteiger partial charge in [0.2, 0.25) is 5.78 Å². The monoisotopic (exact) mass is 578 g/mol. The highest BCUT2D eigenvalue weighted by Crippen LogP contribution is 2.31. The van der Waals surface area contributed by atoms with Gasteiger partial charge < -0.3 is 20.7 Å². The van der Waals surface area contributed by atoms with Gasteiger partial charge in [-0.1, -0.05) is 58.0 Å². The van der Waals surface area contributed by atoms with E-state index in [0.29, 0.717) is 41.4 Å². The van der Waals surface area contributed by atoms with Crippen LogP contribution in [0.1, 0.15) is 67.6 Å². The number of carbonyl (C=O) groups excluding carboxylic acids is 3. The summed E-state index contributed by atoms with van der Waals surface area (Å²) in [5, 5.41) is 9.08. The summed E-state index contributed by atoms with van der Waals surface area (Å²) < 4.78 is 5.47.